The van der Waals surface area contributed by atoms with Gasteiger partial charge in [-0.1, -0.05) is 38.3 Å². The Kier molecular flexibility index (Phi) is 12.7. The molecule has 28 heavy (non-hydrogen) atoms. The van der Waals surface area contributed by atoms with Gasteiger partial charge in [0.15, 0.2) is 0 Å². The first kappa shape index (κ1) is 24.5. The molecule has 1 N–H and O–H groups in total. The SMILES string of the molecule is CCCCCC(=O)CC[C@H]1[C@H](O)CC(=O)[C@@H]1C/C=C\CCCCCC(=O)OC. The number of carbonyl (C=O) groups is 3. The van der Waals surface area contributed by atoms with E-state index < -0.39 is 6.10 Å². The summed E-state index contributed by atoms with van der Waals surface area (Å²) in [6, 6.07) is 0. The summed E-state index contributed by atoms with van der Waals surface area (Å²) in [4.78, 5) is 35.3. The van der Waals surface area contributed by atoms with Crippen LogP contribution in [0.3, 0.4) is 0 Å². The van der Waals surface area contributed by atoms with Gasteiger partial charge in [-0.05, 0) is 44.4 Å². The number of esters is 1. The van der Waals surface area contributed by atoms with Gasteiger partial charge in [0.2, 0.25) is 0 Å². The zero-order valence-corrected chi connectivity index (χ0v) is 17.7. The number of carbonyl (C=O) groups excluding carboxylic acids is 3. The number of aliphatic hydroxyl groups is 1. The van der Waals surface area contributed by atoms with Gasteiger partial charge in [-0.15, -0.1) is 0 Å². The highest BCUT2D eigenvalue weighted by atomic mass is 16.5. The van der Waals surface area contributed by atoms with E-state index in [-0.39, 0.29) is 35.8 Å². The molecule has 1 fully saturated rings. The molecule has 0 aromatic rings. The molecule has 1 rings (SSSR count). The van der Waals surface area contributed by atoms with Crippen molar-refractivity contribution in [3.8, 4) is 0 Å². The summed E-state index contributed by atoms with van der Waals surface area (Å²) >= 11 is 0. The fourth-order valence-corrected chi connectivity index (χ4v) is 3.91. The highest BCUT2D eigenvalue weighted by Gasteiger charge is 2.40. The van der Waals surface area contributed by atoms with Crippen LogP contribution in [0.25, 0.3) is 0 Å². The summed E-state index contributed by atoms with van der Waals surface area (Å²) in [5, 5.41) is 10.2. The summed E-state index contributed by atoms with van der Waals surface area (Å²) in [7, 11) is 1.40. The Bertz CT molecular complexity index is 511. The van der Waals surface area contributed by atoms with Crippen LogP contribution >= 0.6 is 0 Å². The second-order valence-corrected chi connectivity index (χ2v) is 7.93. The van der Waals surface area contributed by atoms with E-state index in [0.29, 0.717) is 32.1 Å². The summed E-state index contributed by atoms with van der Waals surface area (Å²) < 4.78 is 4.61. The molecule has 0 radical (unpaired) electrons. The molecule has 5 heteroatoms. The van der Waals surface area contributed by atoms with Crippen molar-refractivity contribution in [2.75, 3.05) is 7.11 Å². The van der Waals surface area contributed by atoms with Crippen molar-refractivity contribution >= 4 is 17.5 Å². The van der Waals surface area contributed by atoms with E-state index in [4.69, 9.17) is 0 Å². The number of ketones is 2. The van der Waals surface area contributed by atoms with Crippen LogP contribution < -0.4 is 0 Å². The van der Waals surface area contributed by atoms with Gasteiger partial charge < -0.3 is 9.84 Å². The summed E-state index contributed by atoms with van der Waals surface area (Å²) in [6.07, 6.45) is 13.4. The second kappa shape index (κ2) is 14.5. The zero-order valence-electron chi connectivity index (χ0n) is 17.7. The lowest BCUT2D eigenvalue weighted by Gasteiger charge is -2.19. The number of unbranched alkanes of at least 4 members (excludes halogenated alkanes) is 5. The molecule has 5 nitrogen and oxygen atoms in total. The van der Waals surface area contributed by atoms with Crippen LogP contribution in [-0.2, 0) is 19.1 Å². The van der Waals surface area contributed by atoms with Crippen LogP contribution in [0, 0.1) is 11.8 Å². The first-order chi connectivity index (χ1) is 13.5. The number of hydrogen-bond acceptors (Lipinski definition) is 5. The molecule has 0 aromatic carbocycles. The molecule has 0 aliphatic heterocycles. The zero-order chi connectivity index (χ0) is 20.8. The third kappa shape index (κ3) is 9.63. The molecule has 0 amide bonds. The Labute approximate surface area is 169 Å². The van der Waals surface area contributed by atoms with E-state index in [2.05, 4.69) is 17.7 Å². The fourth-order valence-electron chi connectivity index (χ4n) is 3.91. The van der Waals surface area contributed by atoms with Crippen LogP contribution in [0.15, 0.2) is 12.2 Å². The van der Waals surface area contributed by atoms with E-state index in [1.54, 1.807) is 0 Å². The number of methoxy groups -OCH3 is 1. The third-order valence-corrected chi connectivity index (χ3v) is 5.69. The van der Waals surface area contributed by atoms with Gasteiger partial charge in [-0.2, -0.15) is 0 Å². The Balaban J connectivity index is 2.29. The van der Waals surface area contributed by atoms with Gasteiger partial charge in [-0.3, -0.25) is 14.4 Å². The Morgan fingerprint density at radius 1 is 1.07 bits per heavy atom. The van der Waals surface area contributed by atoms with Gasteiger partial charge in [0, 0.05) is 31.6 Å². The monoisotopic (exact) mass is 394 g/mol. The lowest BCUT2D eigenvalue weighted by atomic mass is 9.86. The molecule has 0 unspecified atom stereocenters. The van der Waals surface area contributed by atoms with E-state index in [0.717, 1.165) is 44.9 Å². The van der Waals surface area contributed by atoms with E-state index in [9.17, 15) is 19.5 Å². The van der Waals surface area contributed by atoms with E-state index in [1.807, 2.05) is 6.08 Å². The number of ether oxygens (including phenoxy) is 1. The lowest BCUT2D eigenvalue weighted by Crippen LogP contribution is -2.21. The van der Waals surface area contributed by atoms with Crippen LogP contribution in [-0.4, -0.2) is 35.9 Å². The fraction of sp³-hybridized carbons (Fsp3) is 0.783. The van der Waals surface area contributed by atoms with Gasteiger partial charge in [0.25, 0.3) is 0 Å². The molecule has 0 spiro atoms. The Hall–Kier alpha value is -1.49. The largest absolute Gasteiger partial charge is 0.469 e. The highest BCUT2D eigenvalue weighted by Crippen LogP contribution is 2.35. The number of rotatable bonds is 15. The summed E-state index contributed by atoms with van der Waals surface area (Å²) in [5.74, 6) is -0.0371. The maximum Gasteiger partial charge on any atom is 0.305 e. The van der Waals surface area contributed by atoms with Crippen LogP contribution in [0.4, 0.5) is 0 Å². The Morgan fingerprint density at radius 2 is 1.82 bits per heavy atom. The predicted molar refractivity (Wildman–Crippen MR) is 110 cm³/mol. The Morgan fingerprint density at radius 3 is 2.54 bits per heavy atom. The van der Waals surface area contributed by atoms with Crippen molar-refractivity contribution in [1.29, 1.82) is 0 Å². The van der Waals surface area contributed by atoms with Crippen LogP contribution in [0.5, 0.6) is 0 Å². The van der Waals surface area contributed by atoms with E-state index >= 15 is 0 Å². The van der Waals surface area contributed by atoms with E-state index in [1.165, 1.54) is 7.11 Å². The second-order valence-electron chi connectivity index (χ2n) is 7.93. The molecule has 3 atom stereocenters. The molecule has 1 aliphatic carbocycles. The van der Waals surface area contributed by atoms with Crippen molar-refractivity contribution in [3.05, 3.63) is 12.2 Å². The quantitative estimate of drug-likeness (QED) is 0.250. The number of allylic oxidation sites excluding steroid dienone is 2. The molecule has 0 saturated heterocycles. The summed E-state index contributed by atoms with van der Waals surface area (Å²) in [6.45, 7) is 2.12. The van der Waals surface area contributed by atoms with Gasteiger partial charge in [0.1, 0.15) is 11.6 Å². The number of Topliss-reactive ketones (excluding diaryl/α,β-unsaturated/α-hetero) is 2. The molecular formula is C23H38O5. The van der Waals surface area contributed by atoms with Crippen molar-refractivity contribution in [3.63, 3.8) is 0 Å². The highest BCUT2D eigenvalue weighted by molar-refractivity contribution is 5.84. The van der Waals surface area contributed by atoms with Gasteiger partial charge >= 0.3 is 5.97 Å². The smallest absolute Gasteiger partial charge is 0.305 e. The molecule has 160 valence electrons. The summed E-state index contributed by atoms with van der Waals surface area (Å²) in [5.41, 5.74) is 0. The van der Waals surface area contributed by atoms with Crippen molar-refractivity contribution in [2.45, 2.75) is 96.5 Å². The minimum atomic E-state index is -0.604. The molecule has 0 heterocycles. The van der Waals surface area contributed by atoms with Crippen molar-refractivity contribution in [2.24, 2.45) is 11.8 Å². The molecular weight excluding hydrogens is 356 g/mol. The standard InChI is InChI=1S/C23H38O5/c1-3-4-9-12-18(24)15-16-20-19(21(25)17-22(20)26)13-10-7-5-6-8-11-14-23(27)28-2/h7,10,19-20,22,26H,3-6,8-9,11-17H2,1-2H3/b10-7-/t19-,20-,22-/m1/s1. The molecule has 1 saturated carbocycles. The van der Waals surface area contributed by atoms with Crippen LogP contribution in [0.2, 0.25) is 0 Å². The maximum atomic E-state index is 12.2. The number of aliphatic hydroxyl groups excluding tert-OH is 1. The maximum absolute atomic E-state index is 12.2. The average molecular weight is 395 g/mol. The topological polar surface area (TPSA) is 80.7 Å². The molecule has 1 aliphatic rings. The number of hydrogen-bond donors (Lipinski definition) is 1. The van der Waals surface area contributed by atoms with Gasteiger partial charge in [-0.25, -0.2) is 0 Å². The normalized spacial score (nSPS) is 22.1. The van der Waals surface area contributed by atoms with Crippen LogP contribution in [0.1, 0.15) is 90.4 Å². The minimum absolute atomic E-state index is 0.0904. The lowest BCUT2D eigenvalue weighted by molar-refractivity contribution is -0.140. The minimum Gasteiger partial charge on any atom is -0.469 e. The first-order valence-electron chi connectivity index (χ1n) is 10.9. The van der Waals surface area contributed by atoms with Gasteiger partial charge in [0.05, 0.1) is 13.2 Å². The predicted octanol–water partition coefficient (Wildman–Crippen LogP) is 4.55. The average Bonchev–Trinajstić information content (AvgIpc) is 2.94. The molecule has 0 bridgehead atoms. The van der Waals surface area contributed by atoms with Crippen molar-refractivity contribution in [1.82, 2.24) is 0 Å². The van der Waals surface area contributed by atoms with Crippen molar-refractivity contribution < 1.29 is 24.2 Å². The third-order valence-electron chi connectivity index (χ3n) is 5.69. The molecule has 0 aromatic heterocycles. The first-order valence-corrected chi connectivity index (χ1v) is 10.9.